The van der Waals surface area contributed by atoms with Gasteiger partial charge in [-0.15, -0.1) is 0 Å². The highest BCUT2D eigenvalue weighted by molar-refractivity contribution is 6.99. The van der Waals surface area contributed by atoms with E-state index in [-0.39, 0.29) is 23.1 Å². The van der Waals surface area contributed by atoms with Crippen LogP contribution in [0.25, 0.3) is 0 Å². The van der Waals surface area contributed by atoms with Crippen molar-refractivity contribution in [3.63, 3.8) is 0 Å². The fraction of sp³-hybridized carbons (Fsp3) is 0.345. The van der Waals surface area contributed by atoms with Crippen LogP contribution in [0.5, 0.6) is 0 Å². The normalized spacial score (nSPS) is 19.0. The minimum atomic E-state index is -2.68. The summed E-state index contributed by atoms with van der Waals surface area (Å²) in [5, 5.41) is 5.51. The molecule has 1 amide bonds. The lowest BCUT2D eigenvalue weighted by Gasteiger charge is -2.44. The Kier molecular flexibility index (Phi) is 7.66. The van der Waals surface area contributed by atoms with E-state index in [0.29, 0.717) is 26.1 Å². The van der Waals surface area contributed by atoms with E-state index in [0.717, 1.165) is 5.56 Å². The first kappa shape index (κ1) is 24.4. The molecule has 1 saturated heterocycles. The van der Waals surface area contributed by atoms with Crippen LogP contribution >= 0.6 is 0 Å². The summed E-state index contributed by atoms with van der Waals surface area (Å²) >= 11 is 0. The lowest BCUT2D eigenvalue weighted by atomic mass is 10.0. The van der Waals surface area contributed by atoms with Crippen molar-refractivity contribution in [3.05, 3.63) is 96.6 Å². The summed E-state index contributed by atoms with van der Waals surface area (Å²) in [6.45, 7) is 7.74. The number of piperidine rings is 1. The van der Waals surface area contributed by atoms with Gasteiger partial charge in [0.2, 0.25) is 5.91 Å². The van der Waals surface area contributed by atoms with Crippen molar-refractivity contribution in [2.24, 2.45) is 0 Å². The zero-order chi connectivity index (χ0) is 24.0. The van der Waals surface area contributed by atoms with Crippen molar-refractivity contribution >= 4 is 24.6 Å². The first-order valence-corrected chi connectivity index (χ1v) is 14.0. The minimum absolute atomic E-state index is 0.0654. The van der Waals surface area contributed by atoms with Crippen molar-refractivity contribution in [1.29, 1.82) is 0 Å². The summed E-state index contributed by atoms with van der Waals surface area (Å²) in [7, 11) is -2.68. The monoisotopic (exact) mass is 473 g/mol. The quantitative estimate of drug-likeness (QED) is 0.493. The molecule has 0 aliphatic carbocycles. The highest BCUT2D eigenvalue weighted by atomic mass is 28.4. The third kappa shape index (κ3) is 5.33. The van der Waals surface area contributed by atoms with Gasteiger partial charge in [-0.3, -0.25) is 4.79 Å². The molecule has 0 radical (unpaired) electrons. The molecule has 3 aromatic rings. The smallest absolute Gasteiger partial charge is 0.261 e. The maximum atomic E-state index is 12.3. The first-order chi connectivity index (χ1) is 16.4. The van der Waals surface area contributed by atoms with Crippen LogP contribution in [0.3, 0.4) is 0 Å². The third-order valence-electron chi connectivity index (χ3n) is 6.65. The molecule has 3 aromatic carbocycles. The fourth-order valence-electron chi connectivity index (χ4n) is 4.95. The van der Waals surface area contributed by atoms with Gasteiger partial charge in [-0.2, -0.15) is 0 Å². The Morgan fingerprint density at radius 2 is 1.38 bits per heavy atom. The highest BCUT2D eigenvalue weighted by Crippen LogP contribution is 2.37. The standard InChI is InChI=1S/C29H35NO3Si/c1-29(2,3)34(24-15-9-5-10-16-24,25-17-11-6-12-18-25)33-22-26-27(19-20-28(31)30-26)32-21-23-13-7-4-8-14-23/h4-18,26-27H,19-22H2,1-3H3,(H,30,31)/t26-,27-/m0/s1. The molecule has 4 nitrogen and oxygen atoms in total. The summed E-state index contributed by atoms with van der Waals surface area (Å²) < 4.78 is 13.4. The lowest BCUT2D eigenvalue weighted by molar-refractivity contribution is -0.128. The molecule has 1 aliphatic heterocycles. The molecular formula is C29H35NO3Si. The van der Waals surface area contributed by atoms with Crippen molar-refractivity contribution in [2.45, 2.75) is 57.4 Å². The number of rotatable bonds is 8. The van der Waals surface area contributed by atoms with Crippen molar-refractivity contribution in [3.8, 4) is 0 Å². The van der Waals surface area contributed by atoms with E-state index in [9.17, 15) is 4.79 Å². The maximum Gasteiger partial charge on any atom is 0.261 e. The number of hydrogen-bond acceptors (Lipinski definition) is 3. The zero-order valence-corrected chi connectivity index (χ0v) is 21.4. The molecule has 2 atom stereocenters. The van der Waals surface area contributed by atoms with Crippen LogP contribution in [-0.4, -0.2) is 33.0 Å². The van der Waals surface area contributed by atoms with E-state index >= 15 is 0 Å². The average Bonchev–Trinajstić information content (AvgIpc) is 2.85. The van der Waals surface area contributed by atoms with Crippen LogP contribution in [0, 0.1) is 0 Å². The van der Waals surface area contributed by atoms with Crippen LogP contribution in [-0.2, 0) is 20.6 Å². The predicted octanol–water partition coefficient (Wildman–Crippen LogP) is 4.43. The Bertz CT molecular complexity index is 1010. The fourth-order valence-corrected chi connectivity index (χ4v) is 9.53. The number of benzene rings is 3. The van der Waals surface area contributed by atoms with Crippen molar-refractivity contribution in [2.75, 3.05) is 6.61 Å². The Morgan fingerprint density at radius 1 is 0.853 bits per heavy atom. The van der Waals surface area contributed by atoms with Crippen LogP contribution in [0.4, 0.5) is 0 Å². The summed E-state index contributed by atoms with van der Waals surface area (Å²) in [4.78, 5) is 12.3. The summed E-state index contributed by atoms with van der Waals surface area (Å²) in [5.41, 5.74) is 1.13. The van der Waals surface area contributed by atoms with Gasteiger partial charge in [0.05, 0.1) is 25.4 Å². The van der Waals surface area contributed by atoms with Gasteiger partial charge < -0.3 is 14.5 Å². The lowest BCUT2D eigenvalue weighted by Crippen LogP contribution is -2.68. The molecule has 0 unspecified atom stereocenters. The Hall–Kier alpha value is -2.73. The summed E-state index contributed by atoms with van der Waals surface area (Å²) in [6.07, 6.45) is 1.10. The molecule has 0 saturated carbocycles. The van der Waals surface area contributed by atoms with E-state index in [1.807, 2.05) is 30.3 Å². The number of carbonyl (C=O) groups excluding carboxylic acids is 1. The van der Waals surface area contributed by atoms with E-state index in [4.69, 9.17) is 9.16 Å². The topological polar surface area (TPSA) is 47.6 Å². The Labute approximate surface area is 204 Å². The molecular weight excluding hydrogens is 438 g/mol. The first-order valence-electron chi connectivity index (χ1n) is 12.1. The molecule has 1 aliphatic rings. The SMILES string of the molecule is CC(C)(C)[Si](OC[C@@H]1NC(=O)CC[C@@H]1OCc1ccccc1)(c1ccccc1)c1ccccc1. The third-order valence-corrected chi connectivity index (χ3v) is 11.7. The van der Waals surface area contributed by atoms with Crippen LogP contribution < -0.4 is 15.7 Å². The van der Waals surface area contributed by atoms with Crippen LogP contribution in [0.1, 0.15) is 39.2 Å². The molecule has 0 spiro atoms. The van der Waals surface area contributed by atoms with Crippen molar-refractivity contribution < 1.29 is 14.0 Å². The van der Waals surface area contributed by atoms with Gasteiger partial charge in [-0.1, -0.05) is 112 Å². The Morgan fingerprint density at radius 3 is 1.91 bits per heavy atom. The van der Waals surface area contributed by atoms with E-state index in [1.54, 1.807) is 0 Å². The van der Waals surface area contributed by atoms with Gasteiger partial charge in [0.25, 0.3) is 8.32 Å². The van der Waals surface area contributed by atoms with Crippen LogP contribution in [0.2, 0.25) is 5.04 Å². The van der Waals surface area contributed by atoms with E-state index in [2.05, 4.69) is 86.8 Å². The number of amides is 1. The van der Waals surface area contributed by atoms with Gasteiger partial charge >= 0.3 is 0 Å². The van der Waals surface area contributed by atoms with Gasteiger partial charge in [-0.05, 0) is 27.4 Å². The van der Waals surface area contributed by atoms with Gasteiger partial charge in [0.15, 0.2) is 0 Å². The van der Waals surface area contributed by atoms with Gasteiger partial charge in [-0.25, -0.2) is 0 Å². The Balaban J connectivity index is 1.62. The highest BCUT2D eigenvalue weighted by Gasteiger charge is 2.50. The molecule has 1 heterocycles. The second-order valence-electron chi connectivity index (χ2n) is 10.0. The molecule has 34 heavy (non-hydrogen) atoms. The number of nitrogens with one attached hydrogen (secondary N) is 1. The van der Waals surface area contributed by atoms with Crippen molar-refractivity contribution in [1.82, 2.24) is 5.32 Å². The minimum Gasteiger partial charge on any atom is -0.405 e. The molecule has 0 aromatic heterocycles. The second-order valence-corrected chi connectivity index (χ2v) is 14.3. The van der Waals surface area contributed by atoms with Crippen LogP contribution in [0.15, 0.2) is 91.0 Å². The molecule has 1 fully saturated rings. The van der Waals surface area contributed by atoms with Gasteiger partial charge in [0.1, 0.15) is 0 Å². The number of ether oxygens (including phenoxy) is 1. The molecule has 5 heteroatoms. The summed E-state index contributed by atoms with van der Waals surface area (Å²) in [5.74, 6) is 0.0654. The summed E-state index contributed by atoms with van der Waals surface area (Å²) in [6, 6.07) is 31.2. The predicted molar refractivity (Wildman–Crippen MR) is 140 cm³/mol. The van der Waals surface area contributed by atoms with E-state index in [1.165, 1.54) is 10.4 Å². The maximum absolute atomic E-state index is 12.3. The number of hydrogen-bond donors (Lipinski definition) is 1. The largest absolute Gasteiger partial charge is 0.405 e. The van der Waals surface area contributed by atoms with Gasteiger partial charge in [0, 0.05) is 6.42 Å². The zero-order valence-electron chi connectivity index (χ0n) is 20.4. The molecule has 0 bridgehead atoms. The average molecular weight is 474 g/mol. The van der Waals surface area contributed by atoms with E-state index < -0.39 is 8.32 Å². The molecule has 1 N–H and O–H groups in total. The second kappa shape index (κ2) is 10.7. The molecule has 4 rings (SSSR count). The molecule has 178 valence electrons. The number of carbonyl (C=O) groups is 1.